The summed E-state index contributed by atoms with van der Waals surface area (Å²) >= 11 is 0. The van der Waals surface area contributed by atoms with Crippen LogP contribution in [0, 0.1) is 0 Å². The lowest BCUT2D eigenvalue weighted by Crippen LogP contribution is -2.21. The molecule has 0 radical (unpaired) electrons. The van der Waals surface area contributed by atoms with E-state index in [-0.39, 0.29) is 6.04 Å². The van der Waals surface area contributed by atoms with Crippen molar-refractivity contribution in [2.24, 2.45) is 0 Å². The average molecular weight is 191 g/mol. The van der Waals surface area contributed by atoms with Gasteiger partial charge in [0.2, 0.25) is 6.41 Å². The van der Waals surface area contributed by atoms with Gasteiger partial charge in [-0.1, -0.05) is 6.07 Å². The minimum atomic E-state index is 0.195. The summed E-state index contributed by atoms with van der Waals surface area (Å²) in [6.45, 7) is 0.846. The number of likely N-dealkylation sites (tertiary alicyclic amines) is 1. The van der Waals surface area contributed by atoms with Crippen molar-refractivity contribution in [1.82, 2.24) is 9.88 Å². The molecule has 0 saturated carbocycles. The van der Waals surface area contributed by atoms with E-state index in [0.717, 1.165) is 31.4 Å². The fourth-order valence-corrected chi connectivity index (χ4v) is 1.89. The van der Waals surface area contributed by atoms with Gasteiger partial charge in [-0.3, -0.25) is 4.79 Å². The van der Waals surface area contributed by atoms with Crippen molar-refractivity contribution in [2.75, 3.05) is 12.3 Å². The van der Waals surface area contributed by atoms with Gasteiger partial charge < -0.3 is 10.6 Å². The molecule has 2 heterocycles. The Bertz CT molecular complexity index is 323. The van der Waals surface area contributed by atoms with Crippen molar-refractivity contribution in [1.29, 1.82) is 0 Å². The second kappa shape index (κ2) is 3.65. The highest BCUT2D eigenvalue weighted by Gasteiger charge is 2.24. The number of hydrogen-bond donors (Lipinski definition) is 1. The zero-order valence-electron chi connectivity index (χ0n) is 7.89. The standard InChI is InChI=1S/C10H13N3O/c11-10-4-3-8(6-12-10)9-2-1-5-13(9)7-14/h3-4,6-7,9H,1-2,5H2,(H2,11,12)/t9-/m1/s1. The predicted octanol–water partition coefficient (Wildman–Crippen LogP) is 0.957. The molecule has 4 nitrogen and oxygen atoms in total. The fraction of sp³-hybridized carbons (Fsp3) is 0.400. The molecule has 2 N–H and O–H groups in total. The summed E-state index contributed by atoms with van der Waals surface area (Å²) in [6.07, 6.45) is 4.74. The number of carbonyl (C=O) groups is 1. The van der Waals surface area contributed by atoms with E-state index < -0.39 is 0 Å². The third-order valence-corrected chi connectivity index (χ3v) is 2.62. The van der Waals surface area contributed by atoms with Gasteiger partial charge in [0.1, 0.15) is 5.82 Å². The molecule has 1 fully saturated rings. The van der Waals surface area contributed by atoms with E-state index in [9.17, 15) is 4.79 Å². The van der Waals surface area contributed by atoms with Crippen molar-refractivity contribution >= 4 is 12.2 Å². The van der Waals surface area contributed by atoms with Gasteiger partial charge in [0.15, 0.2) is 0 Å². The van der Waals surface area contributed by atoms with Gasteiger partial charge in [-0.2, -0.15) is 0 Å². The van der Waals surface area contributed by atoms with E-state index in [1.807, 2.05) is 11.0 Å². The lowest BCUT2D eigenvalue weighted by Gasteiger charge is -2.19. The van der Waals surface area contributed by atoms with E-state index in [4.69, 9.17) is 5.73 Å². The van der Waals surface area contributed by atoms with Crippen LogP contribution in [0.5, 0.6) is 0 Å². The summed E-state index contributed by atoms with van der Waals surface area (Å²) in [5.74, 6) is 0.518. The van der Waals surface area contributed by atoms with Crippen molar-refractivity contribution in [3.05, 3.63) is 23.9 Å². The first kappa shape index (κ1) is 8.99. The van der Waals surface area contributed by atoms with E-state index in [1.165, 1.54) is 0 Å². The molecule has 1 aromatic heterocycles. The SMILES string of the molecule is Nc1ccc([C@H]2CCCN2C=O)cn1. The predicted molar refractivity (Wildman–Crippen MR) is 53.4 cm³/mol. The smallest absolute Gasteiger partial charge is 0.210 e. The molecule has 1 aromatic rings. The molecule has 0 unspecified atom stereocenters. The first-order chi connectivity index (χ1) is 6.81. The molecule has 14 heavy (non-hydrogen) atoms. The Balaban J connectivity index is 2.21. The van der Waals surface area contributed by atoms with Crippen LogP contribution in [0.4, 0.5) is 5.82 Å². The van der Waals surface area contributed by atoms with E-state index in [2.05, 4.69) is 4.98 Å². The summed E-state index contributed by atoms with van der Waals surface area (Å²) in [5, 5.41) is 0. The zero-order chi connectivity index (χ0) is 9.97. The van der Waals surface area contributed by atoms with Gasteiger partial charge in [-0.25, -0.2) is 4.98 Å². The summed E-state index contributed by atoms with van der Waals surface area (Å²) in [7, 11) is 0. The molecule has 1 aliphatic rings. The molecule has 1 saturated heterocycles. The van der Waals surface area contributed by atoms with Crippen LogP contribution in [0.2, 0.25) is 0 Å². The Labute approximate surface area is 82.7 Å². The normalized spacial score (nSPS) is 21.1. The number of carbonyl (C=O) groups excluding carboxylic acids is 1. The fourth-order valence-electron chi connectivity index (χ4n) is 1.89. The number of amides is 1. The average Bonchev–Trinajstić information content (AvgIpc) is 2.67. The van der Waals surface area contributed by atoms with Crippen LogP contribution in [-0.4, -0.2) is 22.8 Å². The molecular weight excluding hydrogens is 178 g/mol. The number of nitrogens with zero attached hydrogens (tertiary/aromatic N) is 2. The first-order valence-electron chi connectivity index (χ1n) is 4.74. The maximum atomic E-state index is 10.7. The minimum Gasteiger partial charge on any atom is -0.384 e. The van der Waals surface area contributed by atoms with Gasteiger partial charge in [0.25, 0.3) is 0 Å². The Kier molecular flexibility index (Phi) is 2.35. The monoisotopic (exact) mass is 191 g/mol. The van der Waals surface area contributed by atoms with Crippen LogP contribution in [0.3, 0.4) is 0 Å². The van der Waals surface area contributed by atoms with Gasteiger partial charge in [0.05, 0.1) is 6.04 Å². The maximum absolute atomic E-state index is 10.7. The molecule has 0 spiro atoms. The van der Waals surface area contributed by atoms with Crippen molar-refractivity contribution in [3.63, 3.8) is 0 Å². The third kappa shape index (κ3) is 1.55. The van der Waals surface area contributed by atoms with Crippen molar-refractivity contribution in [2.45, 2.75) is 18.9 Å². The molecule has 1 atom stereocenters. The second-order valence-corrected chi connectivity index (χ2v) is 3.52. The quantitative estimate of drug-likeness (QED) is 0.708. The number of nitrogens with two attached hydrogens (primary N) is 1. The van der Waals surface area contributed by atoms with E-state index in [1.54, 1.807) is 12.3 Å². The molecular formula is C10H13N3O. The Morgan fingerprint density at radius 3 is 3.07 bits per heavy atom. The number of aromatic nitrogens is 1. The Morgan fingerprint density at radius 2 is 2.43 bits per heavy atom. The lowest BCUT2D eigenvalue weighted by atomic mass is 10.1. The molecule has 1 aliphatic heterocycles. The summed E-state index contributed by atoms with van der Waals surface area (Å²) < 4.78 is 0. The Hall–Kier alpha value is -1.58. The number of pyridine rings is 1. The van der Waals surface area contributed by atoms with Crippen molar-refractivity contribution < 1.29 is 4.79 Å². The van der Waals surface area contributed by atoms with Gasteiger partial charge in [-0.15, -0.1) is 0 Å². The lowest BCUT2D eigenvalue weighted by molar-refractivity contribution is -0.118. The van der Waals surface area contributed by atoms with Crippen LogP contribution in [0.15, 0.2) is 18.3 Å². The third-order valence-electron chi connectivity index (χ3n) is 2.62. The van der Waals surface area contributed by atoms with Crippen LogP contribution in [0.25, 0.3) is 0 Å². The summed E-state index contributed by atoms with van der Waals surface area (Å²) in [6, 6.07) is 3.91. The number of nitrogen functional groups attached to an aromatic ring is 1. The summed E-state index contributed by atoms with van der Waals surface area (Å²) in [5.41, 5.74) is 6.57. The number of rotatable bonds is 2. The molecule has 0 aliphatic carbocycles. The molecule has 0 aromatic carbocycles. The van der Waals surface area contributed by atoms with Crippen molar-refractivity contribution in [3.8, 4) is 0 Å². The highest BCUT2D eigenvalue weighted by Crippen LogP contribution is 2.29. The van der Waals surface area contributed by atoms with Gasteiger partial charge >= 0.3 is 0 Å². The second-order valence-electron chi connectivity index (χ2n) is 3.52. The van der Waals surface area contributed by atoms with Gasteiger partial charge in [0, 0.05) is 12.7 Å². The zero-order valence-corrected chi connectivity index (χ0v) is 7.89. The number of hydrogen-bond acceptors (Lipinski definition) is 3. The largest absolute Gasteiger partial charge is 0.384 e. The molecule has 0 bridgehead atoms. The molecule has 1 amide bonds. The van der Waals surface area contributed by atoms with Crippen LogP contribution >= 0.6 is 0 Å². The van der Waals surface area contributed by atoms with Gasteiger partial charge in [-0.05, 0) is 24.5 Å². The Morgan fingerprint density at radius 1 is 1.57 bits per heavy atom. The maximum Gasteiger partial charge on any atom is 0.210 e. The topological polar surface area (TPSA) is 59.2 Å². The van der Waals surface area contributed by atoms with Crippen LogP contribution in [0.1, 0.15) is 24.4 Å². The number of anilines is 1. The molecule has 74 valence electrons. The first-order valence-corrected chi connectivity index (χ1v) is 4.74. The van der Waals surface area contributed by atoms with Crippen LogP contribution in [-0.2, 0) is 4.79 Å². The summed E-state index contributed by atoms with van der Waals surface area (Å²) in [4.78, 5) is 16.6. The molecule has 2 rings (SSSR count). The highest BCUT2D eigenvalue weighted by molar-refractivity contribution is 5.49. The highest BCUT2D eigenvalue weighted by atomic mass is 16.1. The molecule has 4 heteroatoms. The minimum absolute atomic E-state index is 0.195. The van der Waals surface area contributed by atoms with E-state index >= 15 is 0 Å². The van der Waals surface area contributed by atoms with Crippen LogP contribution < -0.4 is 5.73 Å². The van der Waals surface area contributed by atoms with E-state index in [0.29, 0.717) is 5.82 Å².